The van der Waals surface area contributed by atoms with Crippen LogP contribution in [0, 0.1) is 0 Å². The van der Waals surface area contributed by atoms with Crippen LogP contribution in [0.15, 0.2) is 11.1 Å². The first-order chi connectivity index (χ1) is 9.54. The minimum atomic E-state index is -1.32. The van der Waals surface area contributed by atoms with Crippen LogP contribution < -0.4 is 11.3 Å². The van der Waals surface area contributed by atoms with Crippen molar-refractivity contribution in [2.45, 2.75) is 24.5 Å². The Morgan fingerprint density at radius 3 is 2.85 bits per heavy atom. The summed E-state index contributed by atoms with van der Waals surface area (Å²) in [6, 6.07) is 0. The second-order valence-corrected chi connectivity index (χ2v) is 4.49. The van der Waals surface area contributed by atoms with Crippen LogP contribution in [0.25, 0.3) is 11.0 Å². The molecule has 2 aromatic rings. The maximum absolute atomic E-state index is 11.7. The Morgan fingerprint density at radius 1 is 1.45 bits per heavy atom. The average Bonchev–Trinajstić information content (AvgIpc) is 2.90. The molecule has 0 amide bonds. The molecule has 108 valence electrons. The first-order valence-corrected chi connectivity index (χ1v) is 5.88. The Bertz CT molecular complexity index is 697. The molecule has 0 bridgehead atoms. The van der Waals surface area contributed by atoms with E-state index in [-0.39, 0.29) is 16.9 Å². The molecule has 1 aliphatic heterocycles. The molecule has 1 saturated heterocycles. The highest BCUT2D eigenvalue weighted by atomic mass is 16.6. The fourth-order valence-corrected chi connectivity index (χ4v) is 2.27. The molecular weight excluding hydrogens is 270 g/mol. The number of aromatic amines is 1. The number of anilines is 1. The lowest BCUT2D eigenvalue weighted by Gasteiger charge is -2.15. The number of rotatable bonds is 2. The minimum Gasteiger partial charge on any atom is -0.394 e. The number of fused-ring (bicyclic) bond motifs is 1. The lowest BCUT2D eigenvalue weighted by molar-refractivity contribution is -0.0565. The van der Waals surface area contributed by atoms with Crippen LogP contribution in [0.1, 0.15) is 6.23 Å². The third kappa shape index (κ3) is 1.70. The molecule has 1 fully saturated rings. The van der Waals surface area contributed by atoms with Gasteiger partial charge in [-0.25, -0.2) is 9.67 Å². The summed E-state index contributed by atoms with van der Waals surface area (Å²) in [5.41, 5.74) is 5.31. The molecule has 4 atom stereocenters. The van der Waals surface area contributed by atoms with Gasteiger partial charge in [-0.05, 0) is 0 Å². The molecule has 0 saturated carbocycles. The Labute approximate surface area is 111 Å². The highest BCUT2D eigenvalue weighted by molar-refractivity contribution is 5.85. The fourth-order valence-electron chi connectivity index (χ4n) is 2.27. The van der Waals surface area contributed by atoms with Crippen LogP contribution in [0.3, 0.4) is 0 Å². The van der Waals surface area contributed by atoms with E-state index in [0.717, 1.165) is 4.68 Å². The number of aromatic nitrogens is 4. The van der Waals surface area contributed by atoms with E-state index in [1.165, 1.54) is 6.33 Å². The monoisotopic (exact) mass is 283 g/mol. The SMILES string of the molecule is Nc1nn(C2O[C@H](CO)[C@@H](O)[C@H]2O)c2nc[nH]c(=O)c12. The van der Waals surface area contributed by atoms with Gasteiger partial charge >= 0.3 is 0 Å². The highest BCUT2D eigenvalue weighted by Crippen LogP contribution is 2.31. The molecule has 0 aliphatic carbocycles. The highest BCUT2D eigenvalue weighted by Gasteiger charge is 2.44. The fraction of sp³-hybridized carbons (Fsp3) is 0.500. The van der Waals surface area contributed by atoms with Crippen LogP contribution in [0.2, 0.25) is 0 Å². The van der Waals surface area contributed by atoms with Gasteiger partial charge in [0, 0.05) is 0 Å². The molecule has 1 unspecified atom stereocenters. The summed E-state index contributed by atoms with van der Waals surface area (Å²) < 4.78 is 6.45. The second-order valence-electron chi connectivity index (χ2n) is 4.49. The average molecular weight is 283 g/mol. The Hall–Kier alpha value is -2.01. The first-order valence-electron chi connectivity index (χ1n) is 5.88. The molecule has 0 spiro atoms. The zero-order chi connectivity index (χ0) is 14.4. The number of ether oxygens (including phenoxy) is 1. The number of nitrogens with one attached hydrogen (secondary N) is 1. The number of H-pyrrole nitrogens is 1. The van der Waals surface area contributed by atoms with Gasteiger partial charge in [0.25, 0.3) is 5.56 Å². The minimum absolute atomic E-state index is 0.0629. The maximum Gasteiger partial charge on any atom is 0.264 e. The van der Waals surface area contributed by atoms with E-state index < -0.39 is 36.7 Å². The number of hydrogen-bond donors (Lipinski definition) is 5. The van der Waals surface area contributed by atoms with Crippen molar-refractivity contribution in [1.29, 1.82) is 0 Å². The van der Waals surface area contributed by atoms with Crippen molar-refractivity contribution < 1.29 is 20.1 Å². The predicted molar refractivity (Wildman–Crippen MR) is 65.6 cm³/mol. The Kier molecular flexibility index (Phi) is 2.94. The molecule has 2 aromatic heterocycles. The van der Waals surface area contributed by atoms with Crippen LogP contribution in [-0.2, 0) is 4.74 Å². The van der Waals surface area contributed by atoms with Gasteiger partial charge in [0.05, 0.1) is 12.9 Å². The summed E-state index contributed by atoms with van der Waals surface area (Å²) >= 11 is 0. The van der Waals surface area contributed by atoms with Crippen LogP contribution >= 0.6 is 0 Å². The van der Waals surface area contributed by atoms with Crippen molar-refractivity contribution in [3.8, 4) is 0 Å². The quantitative estimate of drug-likeness (QED) is 0.398. The van der Waals surface area contributed by atoms with Gasteiger partial charge in [-0.2, -0.15) is 5.10 Å². The molecular formula is C10H13N5O5. The van der Waals surface area contributed by atoms with E-state index in [1.807, 2.05) is 0 Å². The van der Waals surface area contributed by atoms with E-state index in [9.17, 15) is 15.0 Å². The zero-order valence-corrected chi connectivity index (χ0v) is 10.2. The summed E-state index contributed by atoms with van der Waals surface area (Å²) in [7, 11) is 0. The largest absolute Gasteiger partial charge is 0.394 e. The molecule has 20 heavy (non-hydrogen) atoms. The van der Waals surface area contributed by atoms with Gasteiger partial charge < -0.3 is 30.8 Å². The van der Waals surface area contributed by atoms with Gasteiger partial charge in [-0.3, -0.25) is 4.79 Å². The molecule has 0 aromatic carbocycles. The number of aliphatic hydroxyl groups excluding tert-OH is 3. The number of nitrogens with two attached hydrogens (primary N) is 1. The number of aliphatic hydroxyl groups is 3. The normalized spacial score (nSPS) is 30.1. The lowest BCUT2D eigenvalue weighted by Crippen LogP contribution is -2.33. The zero-order valence-electron chi connectivity index (χ0n) is 10.2. The van der Waals surface area contributed by atoms with Gasteiger partial charge in [0.2, 0.25) is 0 Å². The molecule has 10 heteroatoms. The van der Waals surface area contributed by atoms with Crippen LogP contribution in [0.5, 0.6) is 0 Å². The smallest absolute Gasteiger partial charge is 0.264 e. The predicted octanol–water partition coefficient (Wildman–Crippen LogP) is -2.69. The Morgan fingerprint density at radius 2 is 2.20 bits per heavy atom. The third-order valence-corrected chi connectivity index (χ3v) is 3.28. The summed E-state index contributed by atoms with van der Waals surface area (Å²) in [5.74, 6) is -0.0629. The van der Waals surface area contributed by atoms with Crippen LogP contribution in [-0.4, -0.2) is 60.0 Å². The van der Waals surface area contributed by atoms with Crippen molar-refractivity contribution >= 4 is 16.9 Å². The summed E-state index contributed by atoms with van der Waals surface area (Å²) in [4.78, 5) is 18.0. The maximum atomic E-state index is 11.7. The van der Waals surface area contributed by atoms with Crippen molar-refractivity contribution in [3.63, 3.8) is 0 Å². The van der Waals surface area contributed by atoms with E-state index in [4.69, 9.17) is 15.6 Å². The summed E-state index contributed by atoms with van der Waals surface area (Å²) in [6.07, 6.45) is -3.46. The summed E-state index contributed by atoms with van der Waals surface area (Å²) in [5, 5.41) is 32.7. The topological polar surface area (TPSA) is 160 Å². The van der Waals surface area contributed by atoms with Crippen molar-refractivity contribution in [1.82, 2.24) is 19.7 Å². The third-order valence-electron chi connectivity index (χ3n) is 3.28. The van der Waals surface area contributed by atoms with E-state index in [2.05, 4.69) is 15.1 Å². The van der Waals surface area contributed by atoms with E-state index in [1.54, 1.807) is 0 Å². The standard InChI is InChI=1S/C10H13N5O5/c11-7-4-8(12-2-13-9(4)19)15(14-7)10-6(18)5(17)3(1-16)20-10/h2-3,5-6,10,16-18H,1H2,(H2,11,14)(H,12,13,19)/t3-,5-,6-,10?/m1/s1. The molecule has 0 radical (unpaired) electrons. The number of hydrogen-bond acceptors (Lipinski definition) is 8. The van der Waals surface area contributed by atoms with Gasteiger partial charge in [-0.15, -0.1) is 0 Å². The van der Waals surface area contributed by atoms with E-state index in [0.29, 0.717) is 0 Å². The number of nitrogen functional groups attached to an aromatic ring is 1. The molecule has 10 nitrogen and oxygen atoms in total. The van der Waals surface area contributed by atoms with Crippen molar-refractivity contribution in [2.24, 2.45) is 0 Å². The second kappa shape index (κ2) is 4.52. The van der Waals surface area contributed by atoms with Gasteiger partial charge in [-0.1, -0.05) is 0 Å². The summed E-state index contributed by atoms with van der Waals surface area (Å²) in [6.45, 7) is -0.461. The number of nitrogens with zero attached hydrogens (tertiary/aromatic N) is 3. The molecule has 6 N–H and O–H groups in total. The Balaban J connectivity index is 2.12. The van der Waals surface area contributed by atoms with Crippen molar-refractivity contribution in [3.05, 3.63) is 16.7 Å². The molecule has 3 heterocycles. The van der Waals surface area contributed by atoms with Crippen LogP contribution in [0.4, 0.5) is 5.82 Å². The molecule has 3 rings (SSSR count). The first kappa shape index (κ1) is 13.0. The van der Waals surface area contributed by atoms with E-state index >= 15 is 0 Å². The van der Waals surface area contributed by atoms with Gasteiger partial charge in [0.15, 0.2) is 17.7 Å². The van der Waals surface area contributed by atoms with Crippen molar-refractivity contribution in [2.75, 3.05) is 12.3 Å². The lowest BCUT2D eigenvalue weighted by atomic mass is 10.1. The van der Waals surface area contributed by atoms with Gasteiger partial charge in [0.1, 0.15) is 23.7 Å². The molecule has 1 aliphatic rings.